The predicted molar refractivity (Wildman–Crippen MR) is 110 cm³/mol. The van der Waals surface area contributed by atoms with Crippen LogP contribution in [0.2, 0.25) is 0 Å². The van der Waals surface area contributed by atoms with Gasteiger partial charge >= 0.3 is 6.01 Å². The number of nitrogens with zero attached hydrogens (tertiary/aromatic N) is 2. The summed E-state index contributed by atoms with van der Waals surface area (Å²) < 4.78 is 33.2. The monoisotopic (exact) mass is 422 g/mol. The Balaban J connectivity index is 1.20. The highest BCUT2D eigenvalue weighted by Crippen LogP contribution is 2.27. The third kappa shape index (κ3) is 5.84. The van der Waals surface area contributed by atoms with E-state index in [1.165, 1.54) is 0 Å². The van der Waals surface area contributed by atoms with E-state index in [2.05, 4.69) is 9.97 Å². The zero-order valence-corrected chi connectivity index (χ0v) is 17.0. The molecule has 0 aliphatic carbocycles. The van der Waals surface area contributed by atoms with Crippen LogP contribution in [0.1, 0.15) is 5.69 Å². The minimum absolute atomic E-state index is 0.208. The molecule has 8 nitrogen and oxygen atoms in total. The summed E-state index contributed by atoms with van der Waals surface area (Å²) in [5.41, 5.74) is 0.730. The Labute approximate surface area is 179 Å². The Morgan fingerprint density at radius 1 is 0.742 bits per heavy atom. The van der Waals surface area contributed by atoms with Gasteiger partial charge in [0.15, 0.2) is 0 Å². The van der Waals surface area contributed by atoms with E-state index in [1.54, 1.807) is 18.2 Å². The van der Waals surface area contributed by atoms with Crippen LogP contribution in [-0.4, -0.2) is 48.6 Å². The second-order valence-corrected chi connectivity index (χ2v) is 7.31. The summed E-state index contributed by atoms with van der Waals surface area (Å²) in [7, 11) is 0. The molecule has 2 atom stereocenters. The largest absolute Gasteiger partial charge is 0.491 e. The van der Waals surface area contributed by atoms with Gasteiger partial charge in [-0.1, -0.05) is 0 Å². The Bertz CT molecular complexity index is 937. The van der Waals surface area contributed by atoms with Crippen molar-refractivity contribution >= 4 is 0 Å². The maximum atomic E-state index is 5.87. The number of aryl methyl sites for hydroxylation is 1. The number of benzene rings is 2. The number of ether oxygens (including phenoxy) is 6. The average Bonchev–Trinajstić information content (AvgIpc) is 3.68. The summed E-state index contributed by atoms with van der Waals surface area (Å²) in [5, 5.41) is 0. The quantitative estimate of drug-likeness (QED) is 0.454. The minimum atomic E-state index is 0.208. The molecule has 31 heavy (non-hydrogen) atoms. The summed E-state index contributed by atoms with van der Waals surface area (Å²) >= 11 is 0. The fourth-order valence-electron chi connectivity index (χ4n) is 2.75. The molecule has 3 aromatic rings. The topological polar surface area (TPSA) is 87.8 Å². The molecule has 0 bridgehead atoms. The van der Waals surface area contributed by atoms with Crippen molar-refractivity contribution in [1.82, 2.24) is 9.97 Å². The summed E-state index contributed by atoms with van der Waals surface area (Å²) in [6.45, 7) is 4.52. The van der Waals surface area contributed by atoms with Gasteiger partial charge in [0, 0.05) is 11.8 Å². The second kappa shape index (κ2) is 8.79. The zero-order chi connectivity index (χ0) is 21.0. The molecule has 160 valence electrons. The molecule has 0 radical (unpaired) electrons. The van der Waals surface area contributed by atoms with Gasteiger partial charge < -0.3 is 28.4 Å². The van der Waals surface area contributed by atoms with Gasteiger partial charge in [0.1, 0.15) is 48.4 Å². The van der Waals surface area contributed by atoms with Gasteiger partial charge in [0.2, 0.25) is 5.88 Å². The van der Waals surface area contributed by atoms with E-state index in [-0.39, 0.29) is 18.2 Å². The summed E-state index contributed by atoms with van der Waals surface area (Å²) in [6.07, 6.45) is 0.440. The normalized spacial score (nSPS) is 18.9. The van der Waals surface area contributed by atoms with E-state index in [9.17, 15) is 0 Å². The predicted octanol–water partition coefficient (Wildman–Crippen LogP) is 3.92. The lowest BCUT2D eigenvalue weighted by Gasteiger charge is -2.10. The smallest absolute Gasteiger partial charge is 0.325 e. The highest BCUT2D eigenvalue weighted by Gasteiger charge is 2.23. The van der Waals surface area contributed by atoms with Crippen molar-refractivity contribution in [2.24, 2.45) is 0 Å². The highest BCUT2D eigenvalue weighted by molar-refractivity contribution is 5.35. The summed E-state index contributed by atoms with van der Waals surface area (Å²) in [6, 6.07) is 16.6. The number of aromatic nitrogens is 2. The Morgan fingerprint density at radius 3 is 1.74 bits per heavy atom. The van der Waals surface area contributed by atoms with Crippen LogP contribution >= 0.6 is 0 Å². The number of rotatable bonds is 10. The summed E-state index contributed by atoms with van der Waals surface area (Å²) in [5.74, 6) is 3.16. The van der Waals surface area contributed by atoms with Crippen molar-refractivity contribution in [2.45, 2.75) is 19.1 Å². The van der Waals surface area contributed by atoms with Crippen LogP contribution in [0.15, 0.2) is 54.6 Å². The first-order valence-corrected chi connectivity index (χ1v) is 10.1. The van der Waals surface area contributed by atoms with E-state index in [0.717, 1.165) is 30.4 Å². The van der Waals surface area contributed by atoms with Gasteiger partial charge in [0.05, 0.1) is 13.2 Å². The van der Waals surface area contributed by atoms with E-state index in [1.807, 2.05) is 43.3 Å². The number of hydrogen-bond acceptors (Lipinski definition) is 8. The van der Waals surface area contributed by atoms with E-state index in [4.69, 9.17) is 28.4 Å². The molecule has 3 heterocycles. The third-order valence-electron chi connectivity index (χ3n) is 4.57. The van der Waals surface area contributed by atoms with Gasteiger partial charge in [-0.2, -0.15) is 9.97 Å². The molecule has 5 rings (SSSR count). The first-order chi connectivity index (χ1) is 15.2. The van der Waals surface area contributed by atoms with E-state index >= 15 is 0 Å². The van der Waals surface area contributed by atoms with Crippen LogP contribution in [0.3, 0.4) is 0 Å². The minimum Gasteiger partial charge on any atom is -0.491 e. The Morgan fingerprint density at radius 2 is 1.23 bits per heavy atom. The SMILES string of the molecule is Cc1cc(Oc2ccc(OCC3CO3)cc2)nc(Oc2ccc(OCC3CO3)cc2)n1. The maximum absolute atomic E-state index is 5.87. The molecular weight excluding hydrogens is 400 g/mol. The van der Waals surface area contributed by atoms with Crippen LogP contribution < -0.4 is 18.9 Å². The van der Waals surface area contributed by atoms with Gasteiger partial charge in [-0.3, -0.25) is 0 Å². The molecular formula is C23H22N2O6. The van der Waals surface area contributed by atoms with Crippen molar-refractivity contribution in [2.75, 3.05) is 26.4 Å². The average molecular weight is 422 g/mol. The van der Waals surface area contributed by atoms with Crippen LogP contribution in [0.4, 0.5) is 0 Å². The molecule has 0 amide bonds. The van der Waals surface area contributed by atoms with Crippen molar-refractivity contribution in [3.63, 3.8) is 0 Å². The molecule has 2 fully saturated rings. The van der Waals surface area contributed by atoms with Crippen LogP contribution in [-0.2, 0) is 9.47 Å². The molecule has 0 spiro atoms. The molecule has 2 aliphatic heterocycles. The van der Waals surface area contributed by atoms with Crippen LogP contribution in [0.5, 0.6) is 34.9 Å². The van der Waals surface area contributed by atoms with Crippen molar-refractivity contribution in [1.29, 1.82) is 0 Å². The zero-order valence-electron chi connectivity index (χ0n) is 17.0. The fourth-order valence-corrected chi connectivity index (χ4v) is 2.75. The molecule has 2 aliphatic rings. The van der Waals surface area contributed by atoms with Crippen LogP contribution in [0.25, 0.3) is 0 Å². The Hall–Kier alpha value is -3.36. The maximum Gasteiger partial charge on any atom is 0.325 e. The fraction of sp³-hybridized carbons (Fsp3) is 0.304. The van der Waals surface area contributed by atoms with Gasteiger partial charge in [-0.05, 0) is 55.5 Å². The molecule has 2 unspecified atom stereocenters. The lowest BCUT2D eigenvalue weighted by molar-refractivity contribution is 0.263. The Kier molecular flexibility index (Phi) is 5.56. The number of epoxide rings is 2. The molecule has 2 saturated heterocycles. The number of hydrogen-bond donors (Lipinski definition) is 0. The van der Waals surface area contributed by atoms with Crippen molar-refractivity contribution in [3.05, 3.63) is 60.3 Å². The summed E-state index contributed by atoms with van der Waals surface area (Å²) in [4.78, 5) is 8.68. The first-order valence-electron chi connectivity index (χ1n) is 10.1. The van der Waals surface area contributed by atoms with Gasteiger partial charge in [-0.25, -0.2) is 0 Å². The standard InChI is InChI=1S/C23H22N2O6/c1-15-10-22(30-18-6-2-16(3-7-18)26-11-20-13-28-20)25-23(24-15)31-19-8-4-17(5-9-19)27-12-21-14-29-21/h2-10,20-21H,11-14H2,1H3. The van der Waals surface area contributed by atoms with E-state index < -0.39 is 0 Å². The van der Waals surface area contributed by atoms with E-state index in [0.29, 0.717) is 30.6 Å². The van der Waals surface area contributed by atoms with Crippen LogP contribution in [0, 0.1) is 6.92 Å². The second-order valence-electron chi connectivity index (χ2n) is 7.31. The highest BCUT2D eigenvalue weighted by atomic mass is 16.6. The lowest BCUT2D eigenvalue weighted by atomic mass is 10.3. The van der Waals surface area contributed by atoms with Crippen molar-refractivity contribution < 1.29 is 28.4 Å². The first kappa shape index (κ1) is 19.6. The molecule has 1 aromatic heterocycles. The third-order valence-corrected chi connectivity index (χ3v) is 4.57. The molecule has 0 saturated carbocycles. The molecule has 2 aromatic carbocycles. The lowest BCUT2D eigenvalue weighted by Crippen LogP contribution is -2.03. The molecule has 8 heteroatoms. The van der Waals surface area contributed by atoms with Gasteiger partial charge in [0.25, 0.3) is 0 Å². The van der Waals surface area contributed by atoms with Crippen molar-refractivity contribution in [3.8, 4) is 34.9 Å². The van der Waals surface area contributed by atoms with Gasteiger partial charge in [-0.15, -0.1) is 0 Å². The molecule has 0 N–H and O–H groups in total.